The Kier molecular flexibility index (Phi) is 8.26. The Hall–Kier alpha value is -2.85. The molecule has 3 aliphatic rings. The first kappa shape index (κ1) is 30.6. The number of pyridine rings is 1. The number of amides is 2. The number of carbonyl (C=O) groups excluding carboxylic acids is 2. The predicted octanol–water partition coefficient (Wildman–Crippen LogP) is 6.04. The predicted molar refractivity (Wildman–Crippen MR) is 161 cm³/mol. The maximum absolute atomic E-state index is 15.3. The number of ether oxygens (including phenoxy) is 1. The highest BCUT2D eigenvalue weighted by molar-refractivity contribution is 7.84. The summed E-state index contributed by atoms with van der Waals surface area (Å²) in [6.07, 6.45) is 8.12. The standard InChI is InChI=1S/C32H43FN4O4S/c1-30(2,3)41-29(39)37-26-17-21(26)18-27(37)28(38)35-25-19-23(9-10-24(25)33)32(14-11-20-7-8-20,22-12-15-34-16-13-22)36-42(40)31(4,5)6/h9-10,12-13,15-16,19-21,26-27,36H,7-8,11,14,17-18H2,1-6H3,(H,35,38)/t21?,26-,27-,32?,42?/m1/s1. The van der Waals surface area contributed by atoms with Crippen LogP contribution in [0.15, 0.2) is 42.7 Å². The fraction of sp³-hybridized carbons (Fsp3) is 0.594. The molecule has 0 bridgehead atoms. The van der Waals surface area contributed by atoms with Gasteiger partial charge in [0.15, 0.2) is 0 Å². The van der Waals surface area contributed by atoms with Crippen molar-refractivity contribution < 1.29 is 22.9 Å². The number of anilines is 1. The Morgan fingerprint density at radius 3 is 2.36 bits per heavy atom. The maximum Gasteiger partial charge on any atom is 0.411 e. The molecule has 228 valence electrons. The molecule has 1 aromatic carbocycles. The van der Waals surface area contributed by atoms with Gasteiger partial charge in [0, 0.05) is 18.4 Å². The summed E-state index contributed by atoms with van der Waals surface area (Å²) in [5.41, 5.74) is -0.0134. The van der Waals surface area contributed by atoms with Crippen molar-refractivity contribution in [2.45, 2.75) is 108 Å². The van der Waals surface area contributed by atoms with Gasteiger partial charge in [0.25, 0.3) is 0 Å². The summed E-state index contributed by atoms with van der Waals surface area (Å²) >= 11 is 0. The molecule has 1 aliphatic heterocycles. The van der Waals surface area contributed by atoms with E-state index in [-0.39, 0.29) is 17.6 Å². The summed E-state index contributed by atoms with van der Waals surface area (Å²) in [6.45, 7) is 11.1. The summed E-state index contributed by atoms with van der Waals surface area (Å²) in [6, 6.07) is 7.71. The molecule has 0 radical (unpaired) electrons. The van der Waals surface area contributed by atoms with Gasteiger partial charge in [-0.3, -0.25) is 14.7 Å². The number of likely N-dealkylation sites (tertiary alicyclic amines) is 1. The molecule has 10 heteroatoms. The molecule has 1 saturated heterocycles. The lowest BCUT2D eigenvalue weighted by molar-refractivity contribution is -0.121. The molecule has 5 rings (SSSR count). The minimum Gasteiger partial charge on any atom is -0.444 e. The van der Waals surface area contributed by atoms with Crippen LogP contribution in [-0.4, -0.2) is 48.5 Å². The number of aromatic nitrogens is 1. The third-order valence-electron chi connectivity index (χ3n) is 8.35. The van der Waals surface area contributed by atoms with Crippen molar-refractivity contribution in [2.24, 2.45) is 11.8 Å². The molecule has 2 N–H and O–H groups in total. The molecule has 5 atom stereocenters. The lowest BCUT2D eigenvalue weighted by Gasteiger charge is -2.38. The van der Waals surface area contributed by atoms with Crippen LogP contribution in [0, 0.1) is 17.7 Å². The van der Waals surface area contributed by atoms with Crippen LogP contribution in [0.25, 0.3) is 0 Å². The first-order valence-electron chi connectivity index (χ1n) is 14.9. The average Bonchev–Trinajstić information content (AvgIpc) is 3.84. The Morgan fingerprint density at radius 1 is 1.05 bits per heavy atom. The number of benzene rings is 1. The van der Waals surface area contributed by atoms with E-state index in [0.29, 0.717) is 24.3 Å². The Labute approximate surface area is 250 Å². The Morgan fingerprint density at radius 2 is 1.74 bits per heavy atom. The normalized spacial score (nSPS) is 24.0. The third kappa shape index (κ3) is 6.70. The van der Waals surface area contributed by atoms with Gasteiger partial charge < -0.3 is 10.1 Å². The molecule has 2 aliphatic carbocycles. The summed E-state index contributed by atoms with van der Waals surface area (Å²) in [5.74, 6) is -0.171. The number of halogens is 1. The Bertz CT molecular complexity index is 1350. The molecule has 1 aromatic heterocycles. The summed E-state index contributed by atoms with van der Waals surface area (Å²) < 4.78 is 37.4. The summed E-state index contributed by atoms with van der Waals surface area (Å²) in [7, 11) is -1.45. The van der Waals surface area contributed by atoms with Crippen molar-refractivity contribution >= 4 is 28.7 Å². The van der Waals surface area contributed by atoms with Crippen LogP contribution < -0.4 is 10.0 Å². The monoisotopic (exact) mass is 598 g/mol. The molecular weight excluding hydrogens is 555 g/mol. The van der Waals surface area contributed by atoms with Gasteiger partial charge in [0.1, 0.15) is 17.5 Å². The van der Waals surface area contributed by atoms with Crippen LogP contribution in [0.4, 0.5) is 14.9 Å². The van der Waals surface area contributed by atoms with Gasteiger partial charge in [0.2, 0.25) is 5.91 Å². The van der Waals surface area contributed by atoms with E-state index in [1.807, 2.05) is 32.9 Å². The highest BCUT2D eigenvalue weighted by Gasteiger charge is 2.57. The highest BCUT2D eigenvalue weighted by atomic mass is 32.2. The van der Waals surface area contributed by atoms with E-state index in [9.17, 15) is 13.8 Å². The number of nitrogens with one attached hydrogen (secondary N) is 2. The number of carbonyl (C=O) groups is 2. The molecule has 2 amide bonds. The first-order chi connectivity index (χ1) is 19.7. The first-order valence-corrected chi connectivity index (χ1v) is 16.1. The van der Waals surface area contributed by atoms with Crippen molar-refractivity contribution in [1.82, 2.24) is 14.6 Å². The van der Waals surface area contributed by atoms with Gasteiger partial charge in [-0.25, -0.2) is 18.1 Å². The SMILES string of the molecule is CC(C)(C)OC(=O)N1[C@@H](C(=O)Nc2cc(C(CCC3CC3)(NS(=O)C(C)(C)C)c3ccncc3)ccc2F)CC2C[C@H]21. The van der Waals surface area contributed by atoms with Crippen molar-refractivity contribution in [3.05, 3.63) is 59.7 Å². The van der Waals surface area contributed by atoms with E-state index < -0.39 is 50.7 Å². The van der Waals surface area contributed by atoms with Crippen LogP contribution in [0.2, 0.25) is 0 Å². The van der Waals surface area contributed by atoms with Crippen molar-refractivity contribution in [3.8, 4) is 0 Å². The number of hydrogen-bond donors (Lipinski definition) is 2. The summed E-state index contributed by atoms with van der Waals surface area (Å²) in [4.78, 5) is 32.3. The smallest absolute Gasteiger partial charge is 0.411 e. The number of hydrogen-bond acceptors (Lipinski definition) is 5. The molecular formula is C32H43FN4O4S. The molecule has 8 nitrogen and oxygen atoms in total. The van der Waals surface area contributed by atoms with Crippen LogP contribution >= 0.6 is 0 Å². The van der Waals surface area contributed by atoms with Gasteiger partial charge in [0.05, 0.1) is 27.0 Å². The van der Waals surface area contributed by atoms with E-state index in [2.05, 4.69) is 15.0 Å². The molecule has 3 fully saturated rings. The van der Waals surface area contributed by atoms with Gasteiger partial charge in [-0.15, -0.1) is 0 Å². The van der Waals surface area contributed by atoms with Crippen LogP contribution in [0.3, 0.4) is 0 Å². The van der Waals surface area contributed by atoms with Crippen molar-refractivity contribution in [1.29, 1.82) is 0 Å². The van der Waals surface area contributed by atoms with E-state index in [1.54, 1.807) is 45.3 Å². The minimum atomic E-state index is -1.45. The van der Waals surface area contributed by atoms with Crippen molar-refractivity contribution in [3.63, 3.8) is 0 Å². The highest BCUT2D eigenvalue weighted by Crippen LogP contribution is 2.49. The zero-order valence-electron chi connectivity index (χ0n) is 25.4. The second-order valence-electron chi connectivity index (χ2n) is 14.0. The van der Waals surface area contributed by atoms with Crippen molar-refractivity contribution in [2.75, 3.05) is 5.32 Å². The average molecular weight is 599 g/mol. The fourth-order valence-electron chi connectivity index (χ4n) is 5.77. The van der Waals surface area contributed by atoms with Crippen LogP contribution in [-0.2, 0) is 26.1 Å². The Balaban J connectivity index is 1.48. The van der Waals surface area contributed by atoms with Crippen LogP contribution in [0.1, 0.15) is 91.2 Å². The van der Waals surface area contributed by atoms with Gasteiger partial charge in [-0.2, -0.15) is 0 Å². The second kappa shape index (κ2) is 11.3. The lowest BCUT2D eigenvalue weighted by atomic mass is 9.79. The van der Waals surface area contributed by atoms with Crippen LogP contribution in [0.5, 0.6) is 0 Å². The third-order valence-corrected chi connectivity index (χ3v) is 10.00. The maximum atomic E-state index is 15.3. The lowest BCUT2D eigenvalue weighted by Crippen LogP contribution is -2.49. The van der Waals surface area contributed by atoms with E-state index >= 15 is 4.39 Å². The molecule has 2 heterocycles. The topological polar surface area (TPSA) is 101 Å². The zero-order chi connectivity index (χ0) is 30.4. The van der Waals surface area contributed by atoms with E-state index in [0.717, 1.165) is 31.2 Å². The van der Waals surface area contributed by atoms with Gasteiger partial charge >= 0.3 is 6.09 Å². The number of fused-ring (bicyclic) bond motifs is 1. The molecule has 2 aromatic rings. The van der Waals surface area contributed by atoms with E-state index in [1.165, 1.54) is 11.0 Å². The quantitative estimate of drug-likeness (QED) is 0.367. The zero-order valence-corrected chi connectivity index (χ0v) is 26.2. The number of rotatable bonds is 9. The molecule has 3 unspecified atom stereocenters. The number of piperidine rings is 1. The van der Waals surface area contributed by atoms with Gasteiger partial charge in [-0.05, 0) is 114 Å². The number of nitrogens with zero attached hydrogens (tertiary/aromatic N) is 2. The second-order valence-corrected chi connectivity index (χ2v) is 16.0. The minimum absolute atomic E-state index is 0.0230. The molecule has 0 spiro atoms. The molecule has 42 heavy (non-hydrogen) atoms. The van der Waals surface area contributed by atoms with E-state index in [4.69, 9.17) is 4.74 Å². The summed E-state index contributed by atoms with van der Waals surface area (Å²) in [5, 5.41) is 2.79. The fourth-order valence-corrected chi connectivity index (χ4v) is 6.73. The van der Waals surface area contributed by atoms with Gasteiger partial charge in [-0.1, -0.05) is 18.9 Å². The largest absolute Gasteiger partial charge is 0.444 e. The molecule has 2 saturated carbocycles.